The summed E-state index contributed by atoms with van der Waals surface area (Å²) in [5.41, 5.74) is 5.16. The molecule has 0 saturated heterocycles. The van der Waals surface area contributed by atoms with Gasteiger partial charge in [-0.05, 0) is 34.6 Å². The van der Waals surface area contributed by atoms with Crippen LogP contribution in [-0.4, -0.2) is 22.4 Å². The van der Waals surface area contributed by atoms with E-state index < -0.39 is 22.4 Å². The van der Waals surface area contributed by atoms with Crippen LogP contribution in [0, 0.1) is 0 Å². The average molecular weight is 237 g/mol. The van der Waals surface area contributed by atoms with E-state index in [1.807, 2.05) is 20.8 Å². The fraction of sp³-hybridized carbons (Fsp3) is 0.909. The minimum atomic E-state index is -0.699. The van der Waals surface area contributed by atoms with E-state index in [2.05, 4.69) is 12.6 Å². The van der Waals surface area contributed by atoms with Gasteiger partial charge in [0.05, 0.1) is 0 Å². The molecule has 0 rings (SSSR count). The van der Waals surface area contributed by atoms with Gasteiger partial charge < -0.3 is 10.5 Å². The first-order valence-electron chi connectivity index (χ1n) is 4.25. The third kappa shape index (κ3) is 8.75. The molecular weight excluding hydrogens is 210 g/mol. The van der Waals surface area contributed by atoms with E-state index in [-0.39, 0.29) is 14.9 Å². The van der Waals surface area contributed by atoms with Gasteiger partial charge in [-0.1, -0.05) is 14.9 Å². The maximum absolute atomic E-state index is 11.4. The van der Waals surface area contributed by atoms with Crippen molar-refractivity contribution < 1.29 is 9.53 Å². The Morgan fingerprint density at radius 2 is 1.53 bits per heavy atom. The highest BCUT2D eigenvalue weighted by molar-refractivity contribution is 7.81. The number of thiol groups is 1. The number of hydrogen-bond donors (Lipinski definition) is 2. The molecule has 0 bridgehead atoms. The predicted molar refractivity (Wildman–Crippen MR) is 70.3 cm³/mol. The van der Waals surface area contributed by atoms with Gasteiger partial charge in [0.1, 0.15) is 11.6 Å². The molecule has 4 heteroatoms. The van der Waals surface area contributed by atoms with Crippen molar-refractivity contribution in [3.63, 3.8) is 0 Å². The van der Waals surface area contributed by atoms with Crippen molar-refractivity contribution >= 4 is 18.6 Å². The lowest BCUT2D eigenvalue weighted by Crippen LogP contribution is -2.48. The number of esters is 1. The summed E-state index contributed by atoms with van der Waals surface area (Å²) in [6.45, 7) is 8.99. The molecule has 0 aliphatic rings. The second-order valence-electron chi connectivity index (χ2n) is 4.66. The summed E-state index contributed by atoms with van der Waals surface area (Å²) in [7, 11) is 0. The van der Waals surface area contributed by atoms with E-state index in [1.165, 1.54) is 0 Å². The highest BCUT2D eigenvalue weighted by atomic mass is 32.1. The molecule has 2 N–H and O–H groups in total. The molecule has 0 aliphatic heterocycles. The molecule has 15 heavy (non-hydrogen) atoms. The molecule has 3 nitrogen and oxygen atoms in total. The van der Waals surface area contributed by atoms with E-state index in [4.69, 9.17) is 10.5 Å². The minimum absolute atomic E-state index is 0. The highest BCUT2D eigenvalue weighted by Gasteiger charge is 2.32. The summed E-state index contributed by atoms with van der Waals surface area (Å²) < 4.78 is 4.56. The quantitative estimate of drug-likeness (QED) is 0.573. The Kier molecular flexibility index (Phi) is 8.60. The normalized spacial score (nSPS) is 13.3. The van der Waals surface area contributed by atoms with Gasteiger partial charge in [-0.3, -0.25) is 4.79 Å². The zero-order chi connectivity index (χ0) is 10.9. The third-order valence-electron chi connectivity index (χ3n) is 1.42. The highest BCUT2D eigenvalue weighted by Crippen LogP contribution is 2.19. The van der Waals surface area contributed by atoms with Crippen molar-refractivity contribution in [2.45, 2.75) is 65.9 Å². The maximum atomic E-state index is 11.4. The van der Waals surface area contributed by atoms with Crippen LogP contribution >= 0.6 is 12.6 Å². The fourth-order valence-corrected chi connectivity index (χ4v) is 0.759. The summed E-state index contributed by atoms with van der Waals surface area (Å²) >= 11 is 4.21. The Morgan fingerprint density at radius 3 is 1.73 bits per heavy atom. The Morgan fingerprint density at radius 1 is 1.20 bits per heavy atom. The SMILES string of the molecule is C.C.CC(C)(C)OC(=O)C(N)C(C)(C)S. The van der Waals surface area contributed by atoms with Gasteiger partial charge in [-0.2, -0.15) is 12.6 Å². The van der Waals surface area contributed by atoms with Crippen molar-refractivity contribution in [1.82, 2.24) is 0 Å². The zero-order valence-corrected chi connectivity index (χ0v) is 9.81. The lowest BCUT2D eigenvalue weighted by Gasteiger charge is -2.28. The van der Waals surface area contributed by atoms with Crippen LogP contribution in [0.15, 0.2) is 0 Å². The molecule has 0 fully saturated rings. The number of rotatable bonds is 2. The van der Waals surface area contributed by atoms with Gasteiger partial charge in [0.25, 0.3) is 0 Å². The molecule has 0 amide bonds. The van der Waals surface area contributed by atoms with Crippen molar-refractivity contribution in [2.24, 2.45) is 5.73 Å². The van der Waals surface area contributed by atoms with Crippen LogP contribution in [0.25, 0.3) is 0 Å². The van der Waals surface area contributed by atoms with Crippen molar-refractivity contribution in [3.8, 4) is 0 Å². The van der Waals surface area contributed by atoms with Gasteiger partial charge in [0.15, 0.2) is 0 Å². The van der Waals surface area contributed by atoms with Crippen molar-refractivity contribution in [2.75, 3.05) is 0 Å². The lowest BCUT2D eigenvalue weighted by molar-refractivity contribution is -0.157. The van der Waals surface area contributed by atoms with Gasteiger partial charge in [0, 0.05) is 4.75 Å². The number of carbonyl (C=O) groups is 1. The van der Waals surface area contributed by atoms with Crippen molar-refractivity contribution in [3.05, 3.63) is 0 Å². The number of nitrogens with two attached hydrogens (primary N) is 1. The van der Waals surface area contributed by atoms with Crippen LogP contribution < -0.4 is 5.73 Å². The zero-order valence-electron chi connectivity index (χ0n) is 8.92. The maximum Gasteiger partial charge on any atom is 0.324 e. The van der Waals surface area contributed by atoms with Crippen LogP contribution in [0.3, 0.4) is 0 Å². The van der Waals surface area contributed by atoms with E-state index >= 15 is 0 Å². The second-order valence-corrected chi connectivity index (χ2v) is 5.82. The molecule has 94 valence electrons. The summed E-state index contributed by atoms with van der Waals surface area (Å²) in [6, 6.07) is -0.699. The number of hydrogen-bond acceptors (Lipinski definition) is 4. The van der Waals surface area contributed by atoms with Crippen LogP contribution in [0.4, 0.5) is 0 Å². The Bertz CT molecular complexity index is 192. The smallest absolute Gasteiger partial charge is 0.324 e. The van der Waals surface area contributed by atoms with Gasteiger partial charge >= 0.3 is 5.97 Å². The van der Waals surface area contributed by atoms with E-state index in [1.54, 1.807) is 13.8 Å². The van der Waals surface area contributed by atoms with Gasteiger partial charge in [-0.25, -0.2) is 0 Å². The van der Waals surface area contributed by atoms with Crippen molar-refractivity contribution in [1.29, 1.82) is 0 Å². The molecule has 1 atom stereocenters. The Balaban J connectivity index is -0.000000720. The molecule has 0 saturated carbocycles. The fourth-order valence-electron chi connectivity index (χ4n) is 0.654. The first-order valence-corrected chi connectivity index (χ1v) is 4.69. The Labute approximate surface area is 100 Å². The molecular formula is C11H27NO2S. The number of carbonyl (C=O) groups excluding carboxylic acids is 1. The molecule has 1 unspecified atom stereocenters. The molecule has 0 spiro atoms. The van der Waals surface area contributed by atoms with E-state index in [9.17, 15) is 4.79 Å². The third-order valence-corrected chi connectivity index (χ3v) is 1.70. The van der Waals surface area contributed by atoms with Crippen LogP contribution in [0.5, 0.6) is 0 Å². The first-order chi connectivity index (χ1) is 5.54. The topological polar surface area (TPSA) is 52.3 Å². The average Bonchev–Trinajstić information content (AvgIpc) is 1.79. The molecule has 0 aromatic rings. The van der Waals surface area contributed by atoms with Crippen LogP contribution in [0.1, 0.15) is 49.5 Å². The van der Waals surface area contributed by atoms with E-state index in [0.717, 1.165) is 0 Å². The first kappa shape index (κ1) is 20.2. The monoisotopic (exact) mass is 237 g/mol. The van der Waals surface area contributed by atoms with Crippen LogP contribution in [-0.2, 0) is 9.53 Å². The molecule has 0 aromatic heterocycles. The van der Waals surface area contributed by atoms with Gasteiger partial charge in [0.2, 0.25) is 0 Å². The standard InChI is InChI=1S/C9H19NO2S.2CH4/c1-8(2,3)12-7(11)6(10)9(4,5)13;;/h6,13H,10H2,1-5H3;2*1H4. The number of ether oxygens (including phenoxy) is 1. The Hall–Kier alpha value is -0.220. The minimum Gasteiger partial charge on any atom is -0.459 e. The molecule has 0 aliphatic carbocycles. The summed E-state index contributed by atoms with van der Waals surface area (Å²) in [6.07, 6.45) is 0. The molecule has 0 heterocycles. The predicted octanol–water partition coefficient (Wildman–Crippen LogP) is 2.64. The summed E-state index contributed by atoms with van der Waals surface area (Å²) in [5, 5.41) is 0. The second kappa shape index (κ2) is 6.38. The summed E-state index contributed by atoms with van der Waals surface area (Å²) in [4.78, 5) is 11.4. The summed E-state index contributed by atoms with van der Waals surface area (Å²) in [5.74, 6) is -0.410. The lowest BCUT2D eigenvalue weighted by atomic mass is 10.0. The molecule has 0 aromatic carbocycles. The van der Waals surface area contributed by atoms with Gasteiger partial charge in [-0.15, -0.1) is 0 Å². The largest absolute Gasteiger partial charge is 0.459 e. The van der Waals surface area contributed by atoms with E-state index in [0.29, 0.717) is 0 Å². The van der Waals surface area contributed by atoms with Crippen LogP contribution in [0.2, 0.25) is 0 Å². The molecule has 0 radical (unpaired) electrons.